The standard InChI is InChI=1S/C17H13BrN2O3/c1-23-16-8-11(5-6-15(16)21)7-12(10-19)17(22)20-14-4-2-3-13(18)9-14/h2-9,21H,1H3,(H,20,22)/b12-7-. The third-order valence-electron chi connectivity index (χ3n) is 2.96. The molecule has 2 rings (SSSR count). The second kappa shape index (κ2) is 7.47. The molecule has 0 aliphatic heterocycles. The summed E-state index contributed by atoms with van der Waals surface area (Å²) in [5, 5.41) is 21.4. The summed E-state index contributed by atoms with van der Waals surface area (Å²) in [5.74, 6) is -0.261. The fourth-order valence-corrected chi connectivity index (χ4v) is 2.26. The number of phenols is 1. The third-order valence-corrected chi connectivity index (χ3v) is 3.46. The molecule has 0 aliphatic carbocycles. The van der Waals surface area contributed by atoms with Gasteiger partial charge in [0.05, 0.1) is 7.11 Å². The molecule has 2 aromatic carbocycles. The summed E-state index contributed by atoms with van der Waals surface area (Å²) in [7, 11) is 1.42. The summed E-state index contributed by atoms with van der Waals surface area (Å²) in [6.45, 7) is 0. The van der Waals surface area contributed by atoms with Crippen LogP contribution in [0.25, 0.3) is 6.08 Å². The summed E-state index contributed by atoms with van der Waals surface area (Å²) < 4.78 is 5.82. The van der Waals surface area contributed by atoms with Crippen molar-refractivity contribution in [2.75, 3.05) is 12.4 Å². The first-order valence-corrected chi connectivity index (χ1v) is 7.38. The number of nitriles is 1. The lowest BCUT2D eigenvalue weighted by molar-refractivity contribution is -0.112. The van der Waals surface area contributed by atoms with Crippen molar-refractivity contribution in [3.63, 3.8) is 0 Å². The largest absolute Gasteiger partial charge is 0.504 e. The first kappa shape index (κ1) is 16.6. The minimum atomic E-state index is -0.516. The van der Waals surface area contributed by atoms with Crippen molar-refractivity contribution in [1.29, 1.82) is 5.26 Å². The molecule has 0 heterocycles. The number of carbonyl (C=O) groups is 1. The second-order valence-corrected chi connectivity index (χ2v) is 5.48. The number of carbonyl (C=O) groups excluding carboxylic acids is 1. The molecule has 23 heavy (non-hydrogen) atoms. The van der Waals surface area contributed by atoms with Gasteiger partial charge in [0.1, 0.15) is 11.6 Å². The summed E-state index contributed by atoms with van der Waals surface area (Å²) in [6, 6.07) is 13.5. The highest BCUT2D eigenvalue weighted by Crippen LogP contribution is 2.27. The van der Waals surface area contributed by atoms with E-state index in [1.165, 1.54) is 19.3 Å². The summed E-state index contributed by atoms with van der Waals surface area (Å²) >= 11 is 3.31. The molecule has 116 valence electrons. The maximum Gasteiger partial charge on any atom is 0.266 e. The summed E-state index contributed by atoms with van der Waals surface area (Å²) in [6.07, 6.45) is 1.43. The number of halogens is 1. The number of aromatic hydroxyl groups is 1. The molecular formula is C17H13BrN2O3. The molecule has 2 aromatic rings. The van der Waals surface area contributed by atoms with Gasteiger partial charge in [-0.2, -0.15) is 5.26 Å². The molecule has 0 radical (unpaired) electrons. The summed E-state index contributed by atoms with van der Waals surface area (Å²) in [4.78, 5) is 12.2. The van der Waals surface area contributed by atoms with Crippen LogP contribution in [0.15, 0.2) is 52.5 Å². The average molecular weight is 373 g/mol. The Kier molecular flexibility index (Phi) is 5.39. The minimum absolute atomic E-state index is 0.0123. The van der Waals surface area contributed by atoms with E-state index < -0.39 is 5.91 Å². The van der Waals surface area contributed by atoms with Crippen LogP contribution in [0.3, 0.4) is 0 Å². The maximum atomic E-state index is 12.2. The van der Waals surface area contributed by atoms with Gasteiger partial charge in [0.2, 0.25) is 0 Å². The lowest BCUT2D eigenvalue weighted by Crippen LogP contribution is -2.13. The molecule has 0 atom stereocenters. The molecule has 0 saturated heterocycles. The lowest BCUT2D eigenvalue weighted by atomic mass is 10.1. The number of rotatable bonds is 4. The molecule has 0 fully saturated rings. The van der Waals surface area contributed by atoms with Crippen molar-refractivity contribution < 1.29 is 14.6 Å². The van der Waals surface area contributed by atoms with Crippen LogP contribution >= 0.6 is 15.9 Å². The van der Waals surface area contributed by atoms with E-state index in [1.807, 2.05) is 12.1 Å². The van der Waals surface area contributed by atoms with Crippen molar-refractivity contribution in [2.24, 2.45) is 0 Å². The highest BCUT2D eigenvalue weighted by molar-refractivity contribution is 9.10. The number of benzene rings is 2. The Balaban J connectivity index is 2.25. The number of phenolic OH excluding ortho intramolecular Hbond substituents is 1. The zero-order valence-electron chi connectivity index (χ0n) is 12.2. The monoisotopic (exact) mass is 372 g/mol. The van der Waals surface area contributed by atoms with E-state index in [9.17, 15) is 15.2 Å². The molecule has 0 spiro atoms. The molecule has 6 heteroatoms. The number of nitrogens with one attached hydrogen (secondary N) is 1. The maximum absolute atomic E-state index is 12.2. The molecule has 0 unspecified atom stereocenters. The first-order valence-electron chi connectivity index (χ1n) is 6.59. The molecule has 1 amide bonds. The van der Waals surface area contributed by atoms with Crippen molar-refractivity contribution in [3.8, 4) is 17.6 Å². The van der Waals surface area contributed by atoms with Crippen LogP contribution in [-0.2, 0) is 4.79 Å². The Labute approximate surface area is 142 Å². The van der Waals surface area contributed by atoms with Gasteiger partial charge in [-0.25, -0.2) is 0 Å². The molecule has 0 bridgehead atoms. The third kappa shape index (κ3) is 4.34. The van der Waals surface area contributed by atoms with Gasteiger partial charge in [-0.05, 0) is 42.0 Å². The van der Waals surface area contributed by atoms with Crippen LogP contribution in [-0.4, -0.2) is 18.1 Å². The van der Waals surface area contributed by atoms with Crippen LogP contribution in [0.2, 0.25) is 0 Å². The number of methoxy groups -OCH3 is 1. The van der Waals surface area contributed by atoms with Crippen LogP contribution < -0.4 is 10.1 Å². The minimum Gasteiger partial charge on any atom is -0.504 e. The van der Waals surface area contributed by atoms with Crippen molar-refractivity contribution in [2.45, 2.75) is 0 Å². The quantitative estimate of drug-likeness (QED) is 0.632. The van der Waals surface area contributed by atoms with Crippen LogP contribution in [0.4, 0.5) is 5.69 Å². The van der Waals surface area contributed by atoms with Gasteiger partial charge < -0.3 is 15.2 Å². The van der Waals surface area contributed by atoms with E-state index >= 15 is 0 Å². The zero-order valence-corrected chi connectivity index (χ0v) is 13.8. The Morgan fingerprint density at radius 1 is 1.35 bits per heavy atom. The predicted molar refractivity (Wildman–Crippen MR) is 91.0 cm³/mol. The molecule has 0 aromatic heterocycles. The van der Waals surface area contributed by atoms with Gasteiger partial charge in [0, 0.05) is 10.2 Å². The molecule has 5 nitrogen and oxygen atoms in total. The van der Waals surface area contributed by atoms with E-state index in [0.29, 0.717) is 11.3 Å². The van der Waals surface area contributed by atoms with E-state index in [0.717, 1.165) is 4.47 Å². The Morgan fingerprint density at radius 2 is 2.13 bits per heavy atom. The number of hydrogen-bond acceptors (Lipinski definition) is 4. The highest BCUT2D eigenvalue weighted by atomic mass is 79.9. The molecule has 0 aliphatic rings. The van der Waals surface area contributed by atoms with Gasteiger partial charge in [-0.1, -0.05) is 28.1 Å². The predicted octanol–water partition coefficient (Wildman–Crippen LogP) is 3.71. The Morgan fingerprint density at radius 3 is 2.78 bits per heavy atom. The van der Waals surface area contributed by atoms with Gasteiger partial charge >= 0.3 is 0 Å². The number of anilines is 1. The van der Waals surface area contributed by atoms with Crippen LogP contribution in [0.5, 0.6) is 11.5 Å². The van der Waals surface area contributed by atoms with Crippen molar-refractivity contribution >= 4 is 33.6 Å². The van der Waals surface area contributed by atoms with E-state index in [4.69, 9.17) is 4.74 Å². The fourth-order valence-electron chi connectivity index (χ4n) is 1.86. The number of amides is 1. The van der Waals surface area contributed by atoms with E-state index in [-0.39, 0.29) is 17.1 Å². The Hall–Kier alpha value is -2.78. The number of nitrogens with zero attached hydrogens (tertiary/aromatic N) is 1. The van der Waals surface area contributed by atoms with Crippen LogP contribution in [0.1, 0.15) is 5.56 Å². The van der Waals surface area contributed by atoms with E-state index in [2.05, 4.69) is 21.2 Å². The number of hydrogen-bond donors (Lipinski definition) is 2. The normalized spacial score (nSPS) is 10.7. The van der Waals surface area contributed by atoms with Crippen molar-refractivity contribution in [1.82, 2.24) is 0 Å². The van der Waals surface area contributed by atoms with Crippen molar-refractivity contribution in [3.05, 3.63) is 58.1 Å². The highest BCUT2D eigenvalue weighted by Gasteiger charge is 2.10. The van der Waals surface area contributed by atoms with Gasteiger partial charge in [-0.3, -0.25) is 4.79 Å². The first-order chi connectivity index (χ1) is 11.0. The fraction of sp³-hybridized carbons (Fsp3) is 0.0588. The molecule has 0 saturated carbocycles. The molecular weight excluding hydrogens is 360 g/mol. The van der Waals surface area contributed by atoms with Crippen LogP contribution in [0, 0.1) is 11.3 Å². The van der Waals surface area contributed by atoms with Gasteiger partial charge in [-0.15, -0.1) is 0 Å². The second-order valence-electron chi connectivity index (χ2n) is 4.57. The summed E-state index contributed by atoms with van der Waals surface area (Å²) in [5.41, 5.74) is 1.09. The SMILES string of the molecule is COc1cc(/C=C(/C#N)C(=O)Nc2cccc(Br)c2)ccc1O. The average Bonchev–Trinajstić information content (AvgIpc) is 2.53. The van der Waals surface area contributed by atoms with Gasteiger partial charge in [0.25, 0.3) is 5.91 Å². The molecule has 2 N–H and O–H groups in total. The lowest BCUT2D eigenvalue weighted by Gasteiger charge is -2.06. The number of ether oxygens (including phenoxy) is 1. The zero-order chi connectivity index (χ0) is 16.8. The topological polar surface area (TPSA) is 82.3 Å². The van der Waals surface area contributed by atoms with E-state index in [1.54, 1.807) is 30.3 Å². The Bertz CT molecular complexity index is 810. The smallest absolute Gasteiger partial charge is 0.266 e. The van der Waals surface area contributed by atoms with Gasteiger partial charge in [0.15, 0.2) is 11.5 Å².